The van der Waals surface area contributed by atoms with E-state index in [1.54, 1.807) is 0 Å². The number of nitrogens with zero attached hydrogens (tertiary/aromatic N) is 1. The molecule has 11 heavy (non-hydrogen) atoms. The summed E-state index contributed by atoms with van der Waals surface area (Å²) in [5.74, 6) is 0. The van der Waals surface area contributed by atoms with Crippen LogP contribution in [0.2, 0.25) is 0 Å². The molecule has 1 nitrogen and oxygen atoms in total. The van der Waals surface area contributed by atoms with Crippen LogP contribution in [0.15, 0.2) is 0 Å². The average molecular weight is 378 g/mol. The number of unbranched alkanes of at least 4 members (excludes halogenated alkanes) is 2. The van der Waals surface area contributed by atoms with E-state index >= 15 is 0 Å². The summed E-state index contributed by atoms with van der Waals surface area (Å²) >= 11 is 0. The number of hydrogen-bond donors (Lipinski definition) is 0. The molecule has 1 heterocycles. The predicted octanol–water partition coefficient (Wildman–Crippen LogP) is 2.09. The first-order valence-corrected chi connectivity index (χ1v) is 4.45. The molecule has 0 saturated carbocycles. The van der Waals surface area contributed by atoms with Crippen LogP contribution in [0, 0.1) is 38.0 Å². The Morgan fingerprint density at radius 2 is 1.73 bits per heavy atom. The Hall–Kier alpha value is 1.01. The SMILES string of the molecule is [CH2-]CCCCN1CCCC1.[U]. The molecule has 0 bridgehead atoms. The average Bonchev–Trinajstić information content (AvgIpc) is 2.41. The standard InChI is InChI=1S/C9H18N.U/c1-2-3-4-7-10-8-5-6-9-10;/h1-9H2;/q-1;. The predicted molar refractivity (Wildman–Crippen MR) is 44.9 cm³/mol. The molecule has 64 valence electrons. The van der Waals surface area contributed by atoms with Crippen molar-refractivity contribution in [3.05, 3.63) is 6.92 Å². The molecule has 0 spiro atoms. The zero-order valence-corrected chi connectivity index (χ0v) is 11.5. The maximum Gasteiger partial charge on any atom is 0 e. The van der Waals surface area contributed by atoms with Crippen LogP contribution >= 0.6 is 0 Å². The van der Waals surface area contributed by atoms with Crippen molar-refractivity contribution in [3.63, 3.8) is 0 Å². The van der Waals surface area contributed by atoms with Crippen LogP contribution < -0.4 is 0 Å². The van der Waals surface area contributed by atoms with Gasteiger partial charge < -0.3 is 11.8 Å². The van der Waals surface area contributed by atoms with E-state index in [9.17, 15) is 0 Å². The first-order valence-electron chi connectivity index (χ1n) is 4.45. The van der Waals surface area contributed by atoms with Crippen molar-refractivity contribution in [1.82, 2.24) is 4.90 Å². The van der Waals surface area contributed by atoms with Gasteiger partial charge in [0.15, 0.2) is 0 Å². The third kappa shape index (κ3) is 5.28. The Morgan fingerprint density at radius 1 is 1.09 bits per heavy atom. The van der Waals surface area contributed by atoms with Crippen LogP contribution in [-0.2, 0) is 0 Å². The van der Waals surface area contributed by atoms with E-state index in [1.165, 1.54) is 45.3 Å². The van der Waals surface area contributed by atoms with Gasteiger partial charge in [-0.2, -0.15) is 6.42 Å². The molecule has 0 aromatic rings. The summed E-state index contributed by atoms with van der Waals surface area (Å²) in [4.78, 5) is 2.57. The van der Waals surface area contributed by atoms with Crippen LogP contribution in [0.1, 0.15) is 32.1 Å². The van der Waals surface area contributed by atoms with Crippen molar-refractivity contribution in [3.8, 4) is 0 Å². The number of rotatable bonds is 4. The summed E-state index contributed by atoms with van der Waals surface area (Å²) in [7, 11) is 0. The Labute approximate surface area is 94.3 Å². The largest absolute Gasteiger partial charge is 0.343 e. The molecular formula is C9H18NU-. The minimum Gasteiger partial charge on any atom is -0.343 e. The van der Waals surface area contributed by atoms with Crippen molar-refractivity contribution < 1.29 is 31.1 Å². The molecule has 0 aliphatic carbocycles. The van der Waals surface area contributed by atoms with Crippen LogP contribution in [0.25, 0.3) is 0 Å². The van der Waals surface area contributed by atoms with Crippen LogP contribution in [0.5, 0.6) is 0 Å². The first-order chi connectivity index (χ1) is 4.93. The summed E-state index contributed by atoms with van der Waals surface area (Å²) < 4.78 is 0. The van der Waals surface area contributed by atoms with Crippen molar-refractivity contribution in [1.29, 1.82) is 0 Å². The quantitative estimate of drug-likeness (QED) is 0.535. The smallest absolute Gasteiger partial charge is 0 e. The Kier molecular flexibility index (Phi) is 8.35. The Balaban J connectivity index is 0.000001000. The number of hydrogen-bond acceptors (Lipinski definition) is 1. The fourth-order valence-electron chi connectivity index (χ4n) is 1.52. The zero-order chi connectivity index (χ0) is 7.23. The van der Waals surface area contributed by atoms with E-state index in [0.717, 1.165) is 6.42 Å². The topological polar surface area (TPSA) is 3.24 Å². The molecular weight excluding hydrogens is 360 g/mol. The van der Waals surface area contributed by atoms with Crippen molar-refractivity contribution in [2.75, 3.05) is 19.6 Å². The molecule has 0 radical (unpaired) electrons. The summed E-state index contributed by atoms with van der Waals surface area (Å²) in [6, 6.07) is 0. The van der Waals surface area contributed by atoms with Crippen molar-refractivity contribution in [2.45, 2.75) is 32.1 Å². The molecule has 0 N–H and O–H groups in total. The Morgan fingerprint density at radius 3 is 2.27 bits per heavy atom. The second-order valence-electron chi connectivity index (χ2n) is 3.11. The van der Waals surface area contributed by atoms with Gasteiger partial charge in [-0.3, -0.25) is 0 Å². The minimum atomic E-state index is 0. The van der Waals surface area contributed by atoms with Crippen LogP contribution in [0.3, 0.4) is 0 Å². The van der Waals surface area contributed by atoms with E-state index in [1.807, 2.05) is 0 Å². The van der Waals surface area contributed by atoms with E-state index in [4.69, 9.17) is 0 Å². The maximum atomic E-state index is 3.83. The third-order valence-electron chi connectivity index (χ3n) is 2.17. The monoisotopic (exact) mass is 378 g/mol. The molecule has 1 aliphatic rings. The van der Waals surface area contributed by atoms with E-state index in [-0.39, 0.29) is 31.1 Å². The molecule has 1 rings (SSSR count). The van der Waals surface area contributed by atoms with Gasteiger partial charge in [0.2, 0.25) is 0 Å². The molecule has 0 amide bonds. The summed E-state index contributed by atoms with van der Waals surface area (Å²) in [5, 5.41) is 0. The number of likely N-dealkylation sites (tertiary alicyclic amines) is 1. The molecule has 1 fully saturated rings. The first kappa shape index (κ1) is 12.0. The molecule has 0 aromatic heterocycles. The Bertz CT molecular complexity index is 79.6. The van der Waals surface area contributed by atoms with E-state index in [0.29, 0.717) is 0 Å². The van der Waals surface area contributed by atoms with Gasteiger partial charge in [0.1, 0.15) is 0 Å². The third-order valence-corrected chi connectivity index (χ3v) is 2.17. The second kappa shape index (κ2) is 7.65. The molecule has 1 aliphatic heterocycles. The zero-order valence-electron chi connectivity index (χ0n) is 7.31. The van der Waals surface area contributed by atoms with Crippen LogP contribution in [0.4, 0.5) is 0 Å². The van der Waals surface area contributed by atoms with Gasteiger partial charge in [-0.25, -0.2) is 0 Å². The van der Waals surface area contributed by atoms with Gasteiger partial charge in [0, 0.05) is 31.1 Å². The minimum absolute atomic E-state index is 0. The van der Waals surface area contributed by atoms with Crippen molar-refractivity contribution in [2.24, 2.45) is 0 Å². The van der Waals surface area contributed by atoms with Gasteiger partial charge in [-0.1, -0.05) is 6.42 Å². The summed E-state index contributed by atoms with van der Waals surface area (Å²) in [6.07, 6.45) is 6.60. The summed E-state index contributed by atoms with van der Waals surface area (Å²) in [5.41, 5.74) is 0. The van der Waals surface area contributed by atoms with Gasteiger partial charge >= 0.3 is 0 Å². The summed E-state index contributed by atoms with van der Waals surface area (Å²) in [6.45, 7) is 7.84. The molecule has 0 aromatic carbocycles. The molecule has 2 heteroatoms. The normalized spacial score (nSPS) is 18.3. The van der Waals surface area contributed by atoms with Gasteiger partial charge in [0.05, 0.1) is 0 Å². The molecule has 0 unspecified atom stereocenters. The van der Waals surface area contributed by atoms with E-state index < -0.39 is 0 Å². The van der Waals surface area contributed by atoms with Crippen LogP contribution in [-0.4, -0.2) is 24.5 Å². The van der Waals surface area contributed by atoms with Crippen molar-refractivity contribution >= 4 is 0 Å². The molecule has 0 atom stereocenters. The van der Waals surface area contributed by atoms with Gasteiger partial charge in [0.25, 0.3) is 0 Å². The molecule has 1 saturated heterocycles. The second-order valence-corrected chi connectivity index (χ2v) is 3.11. The van der Waals surface area contributed by atoms with Gasteiger partial charge in [-0.05, 0) is 38.9 Å². The maximum absolute atomic E-state index is 3.83. The van der Waals surface area contributed by atoms with Gasteiger partial charge in [-0.15, -0.1) is 0 Å². The van der Waals surface area contributed by atoms with E-state index in [2.05, 4.69) is 11.8 Å². The fraction of sp³-hybridized carbons (Fsp3) is 0.889. The fourth-order valence-corrected chi connectivity index (χ4v) is 1.52.